The van der Waals surface area contributed by atoms with E-state index in [1.54, 1.807) is 0 Å². The van der Waals surface area contributed by atoms with Crippen LogP contribution in [0.5, 0.6) is 0 Å². The highest BCUT2D eigenvalue weighted by Crippen LogP contribution is 2.15. The van der Waals surface area contributed by atoms with Gasteiger partial charge in [-0.1, -0.05) is 42.5 Å². The van der Waals surface area contributed by atoms with E-state index in [9.17, 15) is 0 Å². The van der Waals surface area contributed by atoms with Gasteiger partial charge in [0.15, 0.2) is 5.96 Å². The second-order valence-corrected chi connectivity index (χ2v) is 4.84. The number of nitrogens with zero attached hydrogens (tertiary/aromatic N) is 2. The van der Waals surface area contributed by atoms with Crippen molar-refractivity contribution in [3.05, 3.63) is 48.0 Å². The van der Waals surface area contributed by atoms with Crippen LogP contribution in [-0.4, -0.2) is 30.5 Å². The third-order valence-corrected chi connectivity index (χ3v) is 3.58. The lowest BCUT2D eigenvalue weighted by atomic mass is 10.1. The summed E-state index contributed by atoms with van der Waals surface area (Å²) in [5.41, 5.74) is 7.27. The van der Waals surface area contributed by atoms with E-state index in [0.717, 1.165) is 26.1 Å². The van der Waals surface area contributed by atoms with Crippen molar-refractivity contribution in [1.29, 1.82) is 0 Å². The van der Waals surface area contributed by atoms with Crippen molar-refractivity contribution in [2.24, 2.45) is 10.7 Å². The Morgan fingerprint density at radius 2 is 1.75 bits per heavy atom. The maximum atomic E-state index is 5.97. The Hall–Kier alpha value is -2.03. The fourth-order valence-electron chi connectivity index (χ4n) is 2.34. The van der Waals surface area contributed by atoms with Crippen LogP contribution in [0.1, 0.15) is 19.4 Å². The topological polar surface area (TPSA) is 41.6 Å². The van der Waals surface area contributed by atoms with Crippen molar-refractivity contribution in [2.75, 3.05) is 19.6 Å². The molecule has 2 N–H and O–H groups in total. The first-order chi connectivity index (χ1) is 9.74. The number of rotatable bonds is 5. The molecule has 2 aromatic carbocycles. The van der Waals surface area contributed by atoms with Crippen molar-refractivity contribution < 1.29 is 0 Å². The summed E-state index contributed by atoms with van der Waals surface area (Å²) in [6.07, 6.45) is 0.923. The Balaban J connectivity index is 2.00. The fraction of sp³-hybridized carbons (Fsp3) is 0.353. The zero-order valence-corrected chi connectivity index (χ0v) is 12.3. The predicted octanol–water partition coefficient (Wildman–Crippen LogP) is 3.04. The second kappa shape index (κ2) is 6.94. The molecule has 20 heavy (non-hydrogen) atoms. The van der Waals surface area contributed by atoms with Crippen LogP contribution < -0.4 is 5.73 Å². The summed E-state index contributed by atoms with van der Waals surface area (Å²) in [6.45, 7) is 6.73. The molecule has 0 heterocycles. The second-order valence-electron chi connectivity index (χ2n) is 4.84. The van der Waals surface area contributed by atoms with E-state index < -0.39 is 0 Å². The molecule has 0 unspecified atom stereocenters. The van der Waals surface area contributed by atoms with Gasteiger partial charge in [-0.15, -0.1) is 0 Å². The van der Waals surface area contributed by atoms with Gasteiger partial charge in [-0.3, -0.25) is 4.99 Å². The average molecular weight is 269 g/mol. The van der Waals surface area contributed by atoms with Gasteiger partial charge in [0.05, 0.1) is 0 Å². The molecule has 0 aliphatic carbocycles. The van der Waals surface area contributed by atoms with Gasteiger partial charge in [0, 0.05) is 19.6 Å². The number of hydrogen-bond donors (Lipinski definition) is 1. The lowest BCUT2D eigenvalue weighted by Gasteiger charge is -2.19. The van der Waals surface area contributed by atoms with Crippen LogP contribution >= 0.6 is 0 Å². The Labute approximate surface area is 121 Å². The molecular formula is C17H23N3. The molecule has 2 rings (SSSR count). The highest BCUT2D eigenvalue weighted by Gasteiger charge is 2.01. The van der Waals surface area contributed by atoms with Crippen LogP contribution in [0.4, 0.5) is 0 Å². The van der Waals surface area contributed by atoms with Gasteiger partial charge in [-0.05, 0) is 36.6 Å². The van der Waals surface area contributed by atoms with Gasteiger partial charge < -0.3 is 10.6 Å². The van der Waals surface area contributed by atoms with E-state index in [1.165, 1.54) is 16.3 Å². The van der Waals surface area contributed by atoms with Crippen LogP contribution in [0.3, 0.4) is 0 Å². The van der Waals surface area contributed by atoms with Gasteiger partial charge in [0.1, 0.15) is 0 Å². The van der Waals surface area contributed by atoms with Gasteiger partial charge in [-0.25, -0.2) is 0 Å². The van der Waals surface area contributed by atoms with Gasteiger partial charge in [0.2, 0.25) is 0 Å². The van der Waals surface area contributed by atoms with Crippen molar-refractivity contribution in [3.63, 3.8) is 0 Å². The molecule has 0 amide bonds. The van der Waals surface area contributed by atoms with Crippen LogP contribution in [-0.2, 0) is 6.42 Å². The highest BCUT2D eigenvalue weighted by molar-refractivity contribution is 5.83. The first-order valence-electron chi connectivity index (χ1n) is 7.27. The smallest absolute Gasteiger partial charge is 0.191 e. The first kappa shape index (κ1) is 14.4. The number of guanidine groups is 1. The summed E-state index contributed by atoms with van der Waals surface area (Å²) < 4.78 is 0. The van der Waals surface area contributed by atoms with Crippen LogP contribution in [0.2, 0.25) is 0 Å². The van der Waals surface area contributed by atoms with E-state index in [1.807, 2.05) is 0 Å². The standard InChI is InChI=1S/C17H23N3/c1-3-20(4-2)17(18)19-12-11-14-9-10-15-7-5-6-8-16(15)13-14/h5-10,13H,3-4,11-12H2,1-2H3,(H2,18,19). The summed E-state index contributed by atoms with van der Waals surface area (Å²) in [4.78, 5) is 6.53. The molecule has 0 aliphatic rings. The Morgan fingerprint density at radius 3 is 2.45 bits per heavy atom. The van der Waals surface area contributed by atoms with Gasteiger partial charge >= 0.3 is 0 Å². The van der Waals surface area contributed by atoms with Crippen molar-refractivity contribution in [3.8, 4) is 0 Å². The van der Waals surface area contributed by atoms with E-state index in [0.29, 0.717) is 5.96 Å². The summed E-state index contributed by atoms with van der Waals surface area (Å²) in [7, 11) is 0. The highest BCUT2D eigenvalue weighted by atomic mass is 15.2. The molecule has 3 heteroatoms. The number of aliphatic imine (C=N–C) groups is 1. The third-order valence-electron chi connectivity index (χ3n) is 3.58. The molecule has 106 valence electrons. The SMILES string of the molecule is CCN(CC)C(N)=NCCc1ccc2ccccc2c1. The number of benzene rings is 2. The number of hydrogen-bond acceptors (Lipinski definition) is 1. The molecule has 0 fully saturated rings. The molecule has 0 bridgehead atoms. The fourth-order valence-corrected chi connectivity index (χ4v) is 2.34. The average Bonchev–Trinajstić information content (AvgIpc) is 2.48. The number of fused-ring (bicyclic) bond motifs is 1. The lowest BCUT2D eigenvalue weighted by Crippen LogP contribution is -2.37. The van der Waals surface area contributed by atoms with Crippen molar-refractivity contribution in [1.82, 2.24) is 4.90 Å². The monoisotopic (exact) mass is 269 g/mol. The maximum Gasteiger partial charge on any atom is 0.191 e. The molecule has 0 radical (unpaired) electrons. The minimum absolute atomic E-state index is 0.649. The van der Waals surface area contributed by atoms with Gasteiger partial charge in [0.25, 0.3) is 0 Å². The molecule has 0 atom stereocenters. The summed E-state index contributed by atoms with van der Waals surface area (Å²) >= 11 is 0. The predicted molar refractivity (Wildman–Crippen MR) is 87.1 cm³/mol. The normalized spacial score (nSPS) is 11.8. The quantitative estimate of drug-likeness (QED) is 0.669. The van der Waals surface area contributed by atoms with Gasteiger partial charge in [-0.2, -0.15) is 0 Å². The largest absolute Gasteiger partial charge is 0.370 e. The molecule has 0 saturated heterocycles. The molecule has 0 saturated carbocycles. The first-order valence-corrected chi connectivity index (χ1v) is 7.27. The lowest BCUT2D eigenvalue weighted by molar-refractivity contribution is 0.458. The molecular weight excluding hydrogens is 246 g/mol. The van der Waals surface area contributed by atoms with Crippen molar-refractivity contribution in [2.45, 2.75) is 20.3 Å². The molecule has 3 nitrogen and oxygen atoms in total. The van der Waals surface area contributed by atoms with E-state index in [-0.39, 0.29) is 0 Å². The minimum Gasteiger partial charge on any atom is -0.370 e. The zero-order valence-electron chi connectivity index (χ0n) is 12.3. The van der Waals surface area contributed by atoms with Crippen LogP contribution in [0.15, 0.2) is 47.5 Å². The Bertz CT molecular complexity index is 586. The van der Waals surface area contributed by atoms with Crippen molar-refractivity contribution >= 4 is 16.7 Å². The molecule has 0 aliphatic heterocycles. The van der Waals surface area contributed by atoms with E-state index in [2.05, 4.69) is 66.2 Å². The molecule has 0 spiro atoms. The zero-order chi connectivity index (χ0) is 14.4. The maximum absolute atomic E-state index is 5.97. The third kappa shape index (κ3) is 3.50. The molecule has 0 aromatic heterocycles. The van der Waals surface area contributed by atoms with Crippen LogP contribution in [0, 0.1) is 0 Å². The van der Waals surface area contributed by atoms with Crippen LogP contribution in [0.25, 0.3) is 10.8 Å². The molecule has 2 aromatic rings. The summed E-state index contributed by atoms with van der Waals surface area (Å²) in [5, 5.41) is 2.56. The Morgan fingerprint density at radius 1 is 1.05 bits per heavy atom. The Kier molecular flexibility index (Phi) is 4.99. The minimum atomic E-state index is 0.649. The summed E-state index contributed by atoms with van der Waals surface area (Å²) in [6, 6.07) is 15.0. The number of nitrogens with two attached hydrogens (primary N) is 1. The summed E-state index contributed by atoms with van der Waals surface area (Å²) in [5.74, 6) is 0.649. The van der Waals surface area contributed by atoms with E-state index >= 15 is 0 Å². The van der Waals surface area contributed by atoms with E-state index in [4.69, 9.17) is 5.73 Å².